The standard InChI is InChI=1S/C15H12Cl4N2O/c1-8-2-3-9(16)4-13(8)21-15(22)7-20-14-6-11(18)10(17)5-12(14)19/h2-6,20H,7H2,1H3,(H,21,22). The average Bonchev–Trinajstić information content (AvgIpc) is 2.45. The van der Waals surface area contributed by atoms with E-state index >= 15 is 0 Å². The van der Waals surface area contributed by atoms with E-state index in [1.165, 1.54) is 6.07 Å². The fourth-order valence-corrected chi connectivity index (χ4v) is 2.54. The summed E-state index contributed by atoms with van der Waals surface area (Å²) < 4.78 is 0. The fraction of sp³-hybridized carbons (Fsp3) is 0.133. The first kappa shape index (κ1) is 17.2. The molecule has 0 heterocycles. The molecule has 2 N–H and O–H groups in total. The number of nitrogens with one attached hydrogen (secondary N) is 2. The lowest BCUT2D eigenvalue weighted by molar-refractivity contribution is -0.114. The lowest BCUT2D eigenvalue weighted by Crippen LogP contribution is -2.22. The Kier molecular flexibility index (Phi) is 5.81. The van der Waals surface area contributed by atoms with Crippen LogP contribution >= 0.6 is 46.4 Å². The van der Waals surface area contributed by atoms with E-state index in [4.69, 9.17) is 46.4 Å². The van der Waals surface area contributed by atoms with Crippen LogP contribution in [0.15, 0.2) is 30.3 Å². The minimum absolute atomic E-state index is 0.0314. The molecule has 3 nitrogen and oxygen atoms in total. The highest BCUT2D eigenvalue weighted by Crippen LogP contribution is 2.32. The number of rotatable bonds is 4. The summed E-state index contributed by atoms with van der Waals surface area (Å²) in [6.45, 7) is 1.92. The minimum Gasteiger partial charge on any atom is -0.375 e. The predicted octanol–water partition coefficient (Wildman–Crippen LogP) is 5.66. The third-order valence-electron chi connectivity index (χ3n) is 2.92. The second-order valence-corrected chi connectivity index (χ2v) is 6.27. The zero-order valence-electron chi connectivity index (χ0n) is 11.5. The number of carbonyl (C=O) groups is 1. The van der Waals surface area contributed by atoms with Gasteiger partial charge in [-0.1, -0.05) is 52.5 Å². The summed E-state index contributed by atoms with van der Waals surface area (Å²) in [5.74, 6) is -0.229. The molecule has 0 bridgehead atoms. The van der Waals surface area contributed by atoms with Crippen LogP contribution in [0.3, 0.4) is 0 Å². The molecule has 116 valence electrons. The summed E-state index contributed by atoms with van der Waals surface area (Å²) >= 11 is 23.7. The Labute approximate surface area is 148 Å². The number of carbonyl (C=O) groups excluding carboxylic acids is 1. The van der Waals surface area contributed by atoms with E-state index in [9.17, 15) is 4.79 Å². The largest absolute Gasteiger partial charge is 0.375 e. The first-order valence-corrected chi connectivity index (χ1v) is 7.82. The molecule has 0 radical (unpaired) electrons. The highest BCUT2D eigenvalue weighted by Gasteiger charge is 2.09. The maximum absolute atomic E-state index is 12.0. The molecule has 0 aliphatic carbocycles. The highest BCUT2D eigenvalue weighted by molar-refractivity contribution is 6.44. The zero-order valence-corrected chi connectivity index (χ0v) is 14.5. The van der Waals surface area contributed by atoms with Crippen molar-refractivity contribution in [2.24, 2.45) is 0 Å². The van der Waals surface area contributed by atoms with Crippen LogP contribution in [0.5, 0.6) is 0 Å². The van der Waals surface area contributed by atoms with Crippen molar-refractivity contribution >= 4 is 63.7 Å². The molecule has 0 aromatic heterocycles. The molecule has 0 saturated heterocycles. The lowest BCUT2D eigenvalue weighted by Gasteiger charge is -2.12. The summed E-state index contributed by atoms with van der Waals surface area (Å²) in [4.78, 5) is 12.0. The van der Waals surface area contributed by atoms with E-state index in [2.05, 4.69) is 10.6 Å². The van der Waals surface area contributed by atoms with E-state index in [1.54, 1.807) is 18.2 Å². The van der Waals surface area contributed by atoms with Crippen molar-refractivity contribution in [2.45, 2.75) is 6.92 Å². The van der Waals surface area contributed by atoms with Crippen LogP contribution in [-0.2, 0) is 4.79 Å². The molecule has 0 saturated carbocycles. The van der Waals surface area contributed by atoms with Crippen molar-refractivity contribution in [1.29, 1.82) is 0 Å². The quantitative estimate of drug-likeness (QED) is 0.675. The maximum atomic E-state index is 12.0. The monoisotopic (exact) mass is 376 g/mol. The van der Waals surface area contributed by atoms with Crippen molar-refractivity contribution in [1.82, 2.24) is 0 Å². The predicted molar refractivity (Wildman–Crippen MR) is 94.8 cm³/mol. The molecule has 0 atom stereocenters. The third kappa shape index (κ3) is 4.43. The van der Waals surface area contributed by atoms with Crippen LogP contribution in [0.2, 0.25) is 20.1 Å². The fourth-order valence-electron chi connectivity index (χ4n) is 1.76. The van der Waals surface area contributed by atoms with Crippen LogP contribution in [0.25, 0.3) is 0 Å². The molecule has 1 amide bonds. The summed E-state index contributed by atoms with van der Waals surface area (Å²) in [5, 5.41) is 7.36. The average molecular weight is 378 g/mol. The van der Waals surface area contributed by atoms with Gasteiger partial charge in [0.2, 0.25) is 5.91 Å². The Balaban J connectivity index is 2.01. The van der Waals surface area contributed by atoms with Crippen LogP contribution in [0, 0.1) is 6.92 Å². The van der Waals surface area contributed by atoms with Crippen molar-refractivity contribution < 1.29 is 4.79 Å². The topological polar surface area (TPSA) is 41.1 Å². The van der Waals surface area contributed by atoms with Gasteiger partial charge in [-0.3, -0.25) is 4.79 Å². The second-order valence-electron chi connectivity index (χ2n) is 4.61. The van der Waals surface area contributed by atoms with Crippen molar-refractivity contribution in [2.75, 3.05) is 17.2 Å². The van der Waals surface area contributed by atoms with Gasteiger partial charge in [0, 0.05) is 10.7 Å². The number of amides is 1. The van der Waals surface area contributed by atoms with Gasteiger partial charge in [0.05, 0.1) is 27.3 Å². The van der Waals surface area contributed by atoms with E-state index < -0.39 is 0 Å². The molecule has 22 heavy (non-hydrogen) atoms. The van der Waals surface area contributed by atoms with Gasteiger partial charge in [-0.2, -0.15) is 0 Å². The number of hydrogen-bond donors (Lipinski definition) is 2. The molecule has 7 heteroatoms. The molecule has 0 aliphatic heterocycles. The number of halogens is 4. The van der Waals surface area contributed by atoms with E-state index in [0.29, 0.717) is 31.5 Å². The van der Waals surface area contributed by atoms with Crippen LogP contribution in [0.4, 0.5) is 11.4 Å². The van der Waals surface area contributed by atoms with Gasteiger partial charge in [-0.05, 0) is 36.8 Å². The first-order chi connectivity index (χ1) is 10.4. The van der Waals surface area contributed by atoms with Crippen molar-refractivity contribution in [3.8, 4) is 0 Å². The highest BCUT2D eigenvalue weighted by atomic mass is 35.5. The van der Waals surface area contributed by atoms with Gasteiger partial charge >= 0.3 is 0 Å². The van der Waals surface area contributed by atoms with E-state index in [1.807, 2.05) is 13.0 Å². The molecule has 0 unspecified atom stereocenters. The van der Waals surface area contributed by atoms with E-state index in [-0.39, 0.29) is 12.5 Å². The van der Waals surface area contributed by atoms with Crippen LogP contribution < -0.4 is 10.6 Å². The van der Waals surface area contributed by atoms with Gasteiger partial charge in [0.1, 0.15) is 0 Å². The first-order valence-electron chi connectivity index (χ1n) is 6.31. The minimum atomic E-state index is -0.229. The Morgan fingerprint density at radius 3 is 2.36 bits per heavy atom. The number of anilines is 2. The Morgan fingerprint density at radius 2 is 1.64 bits per heavy atom. The molecule has 0 spiro atoms. The number of benzene rings is 2. The van der Waals surface area contributed by atoms with Gasteiger partial charge in [-0.15, -0.1) is 0 Å². The van der Waals surface area contributed by atoms with Crippen molar-refractivity contribution in [3.05, 3.63) is 56.0 Å². The van der Waals surface area contributed by atoms with Crippen LogP contribution in [-0.4, -0.2) is 12.5 Å². The zero-order chi connectivity index (χ0) is 16.3. The Morgan fingerprint density at radius 1 is 0.955 bits per heavy atom. The number of aryl methyl sites for hydroxylation is 1. The van der Waals surface area contributed by atoms with Crippen LogP contribution in [0.1, 0.15) is 5.56 Å². The lowest BCUT2D eigenvalue weighted by atomic mass is 10.2. The summed E-state index contributed by atoms with van der Waals surface area (Å²) in [5.41, 5.74) is 2.12. The van der Waals surface area contributed by atoms with Gasteiger partial charge in [0.15, 0.2) is 0 Å². The molecule has 2 aromatic rings. The third-order valence-corrected chi connectivity index (χ3v) is 4.19. The van der Waals surface area contributed by atoms with E-state index in [0.717, 1.165) is 5.56 Å². The number of hydrogen-bond acceptors (Lipinski definition) is 2. The molecular formula is C15H12Cl4N2O. The summed E-state index contributed by atoms with van der Waals surface area (Å²) in [6, 6.07) is 8.39. The second kappa shape index (κ2) is 7.42. The van der Waals surface area contributed by atoms with Gasteiger partial charge < -0.3 is 10.6 Å². The molecule has 0 aliphatic rings. The smallest absolute Gasteiger partial charge is 0.243 e. The molecule has 0 fully saturated rings. The maximum Gasteiger partial charge on any atom is 0.243 e. The normalized spacial score (nSPS) is 10.4. The Bertz CT molecular complexity index is 719. The Hall–Kier alpha value is -1.13. The van der Waals surface area contributed by atoms with Gasteiger partial charge in [0.25, 0.3) is 0 Å². The van der Waals surface area contributed by atoms with Gasteiger partial charge in [-0.25, -0.2) is 0 Å². The summed E-state index contributed by atoms with van der Waals surface area (Å²) in [7, 11) is 0. The summed E-state index contributed by atoms with van der Waals surface area (Å²) in [6.07, 6.45) is 0. The SMILES string of the molecule is Cc1ccc(Cl)cc1NC(=O)CNc1cc(Cl)c(Cl)cc1Cl. The molecular weight excluding hydrogens is 366 g/mol. The molecule has 2 rings (SSSR count). The molecule has 2 aromatic carbocycles. The van der Waals surface area contributed by atoms with Crippen molar-refractivity contribution in [3.63, 3.8) is 0 Å².